The Bertz CT molecular complexity index is 385. The smallest absolute Gasteiger partial charge is 0.249 e. The van der Waals surface area contributed by atoms with Gasteiger partial charge in [0.05, 0.1) is 13.2 Å². The van der Waals surface area contributed by atoms with Crippen molar-refractivity contribution in [3.05, 3.63) is 29.8 Å². The molecule has 1 aromatic rings. The molecule has 18 heavy (non-hydrogen) atoms. The van der Waals surface area contributed by atoms with Crippen LogP contribution in [0.3, 0.4) is 0 Å². The Balaban J connectivity index is 2.87. The monoisotopic (exact) mass is 251 g/mol. The molecule has 0 aliphatic heterocycles. The zero-order chi connectivity index (χ0) is 13.7. The maximum Gasteiger partial charge on any atom is 0.249 e. The number of benzene rings is 1. The standard InChI is InChI=1S/C14H21NO3/c1-9(2)13(15-14(17)10(3)16)11-5-7-12(18-4)8-6-11/h5-10,13,16H,1-4H3,(H,15,17). The van der Waals surface area contributed by atoms with Crippen molar-refractivity contribution in [3.8, 4) is 5.75 Å². The van der Waals surface area contributed by atoms with E-state index in [0.717, 1.165) is 11.3 Å². The lowest BCUT2D eigenvalue weighted by molar-refractivity contribution is -0.129. The second kappa shape index (κ2) is 6.40. The van der Waals surface area contributed by atoms with Gasteiger partial charge in [-0.2, -0.15) is 0 Å². The van der Waals surface area contributed by atoms with Crippen LogP contribution in [0, 0.1) is 5.92 Å². The largest absolute Gasteiger partial charge is 0.497 e. The maximum atomic E-state index is 11.6. The Labute approximate surface area is 108 Å². The maximum absolute atomic E-state index is 11.6. The molecule has 2 unspecified atom stereocenters. The van der Waals surface area contributed by atoms with Gasteiger partial charge in [0.25, 0.3) is 0 Å². The Kier molecular flexibility index (Phi) is 5.16. The van der Waals surface area contributed by atoms with Gasteiger partial charge in [0.1, 0.15) is 11.9 Å². The summed E-state index contributed by atoms with van der Waals surface area (Å²) in [6, 6.07) is 7.45. The van der Waals surface area contributed by atoms with Gasteiger partial charge in [-0.3, -0.25) is 4.79 Å². The molecule has 1 aromatic carbocycles. The van der Waals surface area contributed by atoms with Crippen molar-refractivity contribution in [1.82, 2.24) is 5.32 Å². The van der Waals surface area contributed by atoms with Crippen LogP contribution in [0.5, 0.6) is 5.75 Å². The average molecular weight is 251 g/mol. The molecular formula is C14H21NO3. The highest BCUT2D eigenvalue weighted by Gasteiger charge is 2.20. The summed E-state index contributed by atoms with van der Waals surface area (Å²) in [7, 11) is 1.62. The van der Waals surface area contributed by atoms with E-state index in [4.69, 9.17) is 4.74 Å². The minimum atomic E-state index is -0.996. The SMILES string of the molecule is COc1ccc(C(NC(=O)C(C)O)C(C)C)cc1. The van der Waals surface area contributed by atoms with E-state index in [1.807, 2.05) is 38.1 Å². The van der Waals surface area contributed by atoms with Crippen LogP contribution in [-0.4, -0.2) is 24.2 Å². The third kappa shape index (κ3) is 3.74. The summed E-state index contributed by atoms with van der Waals surface area (Å²) in [6.45, 7) is 5.51. The number of aliphatic hydroxyl groups excluding tert-OH is 1. The summed E-state index contributed by atoms with van der Waals surface area (Å²) in [4.78, 5) is 11.6. The molecule has 4 nitrogen and oxygen atoms in total. The molecule has 2 N–H and O–H groups in total. The van der Waals surface area contributed by atoms with Crippen LogP contribution in [0.15, 0.2) is 24.3 Å². The van der Waals surface area contributed by atoms with Gasteiger partial charge in [-0.1, -0.05) is 26.0 Å². The Morgan fingerprint density at radius 1 is 1.22 bits per heavy atom. The van der Waals surface area contributed by atoms with E-state index in [2.05, 4.69) is 5.32 Å². The summed E-state index contributed by atoms with van der Waals surface area (Å²) in [5.41, 5.74) is 1.000. The lowest BCUT2D eigenvalue weighted by atomic mass is 9.95. The quantitative estimate of drug-likeness (QED) is 0.840. The van der Waals surface area contributed by atoms with E-state index >= 15 is 0 Å². The molecule has 0 fully saturated rings. The summed E-state index contributed by atoms with van der Waals surface area (Å²) in [5, 5.41) is 12.1. The van der Waals surface area contributed by atoms with Crippen molar-refractivity contribution >= 4 is 5.91 Å². The van der Waals surface area contributed by atoms with Crippen molar-refractivity contribution in [2.75, 3.05) is 7.11 Å². The molecular weight excluding hydrogens is 230 g/mol. The highest BCUT2D eigenvalue weighted by molar-refractivity contribution is 5.80. The second-order valence-electron chi connectivity index (χ2n) is 4.68. The number of carbonyl (C=O) groups is 1. The van der Waals surface area contributed by atoms with E-state index in [1.165, 1.54) is 6.92 Å². The summed E-state index contributed by atoms with van der Waals surface area (Å²) in [6.07, 6.45) is -0.996. The Morgan fingerprint density at radius 2 is 1.78 bits per heavy atom. The zero-order valence-electron chi connectivity index (χ0n) is 11.3. The van der Waals surface area contributed by atoms with Crippen LogP contribution in [0.1, 0.15) is 32.4 Å². The molecule has 0 aliphatic carbocycles. The van der Waals surface area contributed by atoms with E-state index in [-0.39, 0.29) is 17.9 Å². The molecule has 0 aromatic heterocycles. The van der Waals surface area contributed by atoms with Crippen molar-refractivity contribution < 1.29 is 14.6 Å². The molecule has 0 radical (unpaired) electrons. The van der Waals surface area contributed by atoms with Gasteiger partial charge in [-0.15, -0.1) is 0 Å². The highest BCUT2D eigenvalue weighted by atomic mass is 16.5. The number of aliphatic hydroxyl groups is 1. The van der Waals surface area contributed by atoms with Gasteiger partial charge in [0.15, 0.2) is 0 Å². The summed E-state index contributed by atoms with van der Waals surface area (Å²) in [5.74, 6) is 0.661. The molecule has 2 atom stereocenters. The van der Waals surface area contributed by atoms with Crippen molar-refractivity contribution in [2.45, 2.75) is 32.9 Å². The number of hydrogen-bond acceptors (Lipinski definition) is 3. The average Bonchev–Trinajstić information content (AvgIpc) is 2.35. The van der Waals surface area contributed by atoms with E-state index < -0.39 is 6.10 Å². The molecule has 100 valence electrons. The first kappa shape index (κ1) is 14.5. The fourth-order valence-electron chi connectivity index (χ4n) is 1.72. The minimum Gasteiger partial charge on any atom is -0.497 e. The molecule has 1 amide bonds. The molecule has 0 saturated heterocycles. The van der Waals surface area contributed by atoms with Crippen LogP contribution in [0.2, 0.25) is 0 Å². The van der Waals surface area contributed by atoms with Gasteiger partial charge < -0.3 is 15.2 Å². The predicted octanol–water partition coefficient (Wildman–Crippen LogP) is 1.89. The predicted molar refractivity (Wildman–Crippen MR) is 70.4 cm³/mol. The van der Waals surface area contributed by atoms with Crippen LogP contribution in [0.4, 0.5) is 0 Å². The first-order chi connectivity index (χ1) is 8.45. The molecule has 1 rings (SSSR count). The molecule has 0 saturated carbocycles. The number of methoxy groups -OCH3 is 1. The van der Waals surface area contributed by atoms with Gasteiger partial charge in [-0.05, 0) is 30.5 Å². The number of rotatable bonds is 5. The lowest BCUT2D eigenvalue weighted by Gasteiger charge is -2.23. The first-order valence-electron chi connectivity index (χ1n) is 6.08. The third-order valence-electron chi connectivity index (χ3n) is 2.82. The third-order valence-corrected chi connectivity index (χ3v) is 2.82. The van der Waals surface area contributed by atoms with Gasteiger partial charge >= 0.3 is 0 Å². The van der Waals surface area contributed by atoms with Crippen molar-refractivity contribution in [3.63, 3.8) is 0 Å². The van der Waals surface area contributed by atoms with Gasteiger partial charge in [-0.25, -0.2) is 0 Å². The van der Waals surface area contributed by atoms with E-state index in [0.29, 0.717) is 0 Å². The second-order valence-corrected chi connectivity index (χ2v) is 4.68. The molecule has 0 bridgehead atoms. The Hall–Kier alpha value is -1.55. The first-order valence-corrected chi connectivity index (χ1v) is 6.08. The lowest BCUT2D eigenvalue weighted by Crippen LogP contribution is -2.37. The summed E-state index contributed by atoms with van der Waals surface area (Å²) < 4.78 is 5.10. The number of amides is 1. The number of carbonyl (C=O) groups excluding carboxylic acids is 1. The van der Waals surface area contributed by atoms with Crippen LogP contribution in [0.25, 0.3) is 0 Å². The van der Waals surface area contributed by atoms with Gasteiger partial charge in [0.2, 0.25) is 5.91 Å². The van der Waals surface area contributed by atoms with E-state index in [1.54, 1.807) is 7.11 Å². The fourth-order valence-corrected chi connectivity index (χ4v) is 1.72. The Morgan fingerprint density at radius 3 is 2.17 bits per heavy atom. The molecule has 0 heterocycles. The van der Waals surface area contributed by atoms with E-state index in [9.17, 15) is 9.90 Å². The van der Waals surface area contributed by atoms with Gasteiger partial charge in [0, 0.05) is 0 Å². The topological polar surface area (TPSA) is 58.6 Å². The number of nitrogens with one attached hydrogen (secondary N) is 1. The highest BCUT2D eigenvalue weighted by Crippen LogP contribution is 2.23. The van der Waals surface area contributed by atoms with Crippen LogP contribution < -0.4 is 10.1 Å². The number of ether oxygens (including phenoxy) is 1. The fraction of sp³-hybridized carbons (Fsp3) is 0.500. The van der Waals surface area contributed by atoms with Crippen molar-refractivity contribution in [2.24, 2.45) is 5.92 Å². The molecule has 0 aliphatic rings. The van der Waals surface area contributed by atoms with Crippen molar-refractivity contribution in [1.29, 1.82) is 0 Å². The molecule has 0 spiro atoms. The normalized spacial score (nSPS) is 14.1. The van der Waals surface area contributed by atoms with Crippen LogP contribution in [-0.2, 0) is 4.79 Å². The summed E-state index contributed by atoms with van der Waals surface area (Å²) >= 11 is 0. The number of hydrogen-bond donors (Lipinski definition) is 2. The van der Waals surface area contributed by atoms with Crippen LogP contribution >= 0.6 is 0 Å². The molecule has 4 heteroatoms. The minimum absolute atomic E-state index is 0.113. The zero-order valence-corrected chi connectivity index (χ0v) is 11.3.